The molecule has 7 heteroatoms. The van der Waals surface area contributed by atoms with E-state index < -0.39 is 0 Å². The maximum absolute atomic E-state index is 12.3. The lowest BCUT2D eigenvalue weighted by atomic mass is 10.0. The monoisotopic (exact) mass is 320 g/mol. The molecule has 0 bridgehead atoms. The highest BCUT2D eigenvalue weighted by Gasteiger charge is 2.25. The number of piperidine rings is 1. The second kappa shape index (κ2) is 8.29. The predicted octanol–water partition coefficient (Wildman–Crippen LogP) is 1.67. The highest BCUT2D eigenvalue weighted by Crippen LogP contribution is 2.18. The van der Waals surface area contributed by atoms with Crippen molar-refractivity contribution in [2.75, 3.05) is 32.9 Å². The lowest BCUT2D eigenvalue weighted by Crippen LogP contribution is -2.44. The van der Waals surface area contributed by atoms with Gasteiger partial charge in [-0.25, -0.2) is 0 Å². The van der Waals surface area contributed by atoms with Crippen LogP contribution in [0.25, 0.3) is 0 Å². The zero-order valence-corrected chi connectivity index (χ0v) is 13.4. The van der Waals surface area contributed by atoms with Crippen LogP contribution in [-0.4, -0.2) is 53.9 Å². The zero-order valence-electron chi connectivity index (χ0n) is 11.8. The topological polar surface area (TPSA) is 62.5 Å². The first kappa shape index (κ1) is 19.0. The van der Waals surface area contributed by atoms with Crippen LogP contribution in [0.3, 0.4) is 0 Å². The van der Waals surface area contributed by atoms with Gasteiger partial charge in [0.05, 0.1) is 5.56 Å². The number of nitrogens with zero attached hydrogens (tertiary/aromatic N) is 3. The van der Waals surface area contributed by atoms with E-state index in [-0.39, 0.29) is 30.7 Å². The molecular weight excluding hydrogens is 299 g/mol. The van der Waals surface area contributed by atoms with Crippen LogP contribution < -0.4 is 5.73 Å². The molecule has 114 valence electrons. The fourth-order valence-corrected chi connectivity index (χ4v) is 2.34. The van der Waals surface area contributed by atoms with E-state index in [1.807, 2.05) is 4.90 Å². The predicted molar refractivity (Wildman–Crippen MR) is 85.8 cm³/mol. The molecule has 0 atom stereocenters. The Morgan fingerprint density at radius 3 is 2.45 bits per heavy atom. The third-order valence-corrected chi connectivity index (χ3v) is 3.57. The minimum Gasteiger partial charge on any atom is -0.398 e. The van der Waals surface area contributed by atoms with Crippen LogP contribution in [-0.2, 0) is 0 Å². The third kappa shape index (κ3) is 4.23. The van der Waals surface area contributed by atoms with Crippen molar-refractivity contribution in [2.45, 2.75) is 18.9 Å². The van der Waals surface area contributed by atoms with Gasteiger partial charge in [-0.05, 0) is 33.0 Å². The molecule has 0 saturated carbocycles. The number of aromatic nitrogens is 1. The molecule has 1 aliphatic heterocycles. The van der Waals surface area contributed by atoms with Gasteiger partial charge in [0.15, 0.2) is 0 Å². The van der Waals surface area contributed by atoms with Gasteiger partial charge in [-0.2, -0.15) is 0 Å². The second-order valence-electron chi connectivity index (χ2n) is 4.95. The molecule has 1 amide bonds. The Bertz CT molecular complexity index is 434. The molecule has 1 fully saturated rings. The van der Waals surface area contributed by atoms with Crippen molar-refractivity contribution in [2.24, 2.45) is 0 Å². The Hall–Kier alpha value is -1.04. The summed E-state index contributed by atoms with van der Waals surface area (Å²) in [6.45, 7) is 1.58. The summed E-state index contributed by atoms with van der Waals surface area (Å²) < 4.78 is 0. The lowest BCUT2D eigenvalue weighted by Gasteiger charge is -2.35. The van der Waals surface area contributed by atoms with E-state index in [4.69, 9.17) is 5.73 Å². The first-order chi connectivity index (χ1) is 8.59. The molecule has 2 heterocycles. The van der Waals surface area contributed by atoms with Gasteiger partial charge in [-0.15, -0.1) is 24.8 Å². The molecule has 0 unspecified atom stereocenters. The normalized spacial score (nSPS) is 15.4. The van der Waals surface area contributed by atoms with E-state index >= 15 is 0 Å². The van der Waals surface area contributed by atoms with E-state index in [1.165, 1.54) is 0 Å². The Balaban J connectivity index is 0.00000180. The van der Waals surface area contributed by atoms with Gasteiger partial charge >= 0.3 is 0 Å². The molecule has 5 nitrogen and oxygen atoms in total. The third-order valence-electron chi connectivity index (χ3n) is 3.57. The fourth-order valence-electron chi connectivity index (χ4n) is 2.34. The van der Waals surface area contributed by atoms with Gasteiger partial charge in [0, 0.05) is 37.2 Å². The van der Waals surface area contributed by atoms with Gasteiger partial charge < -0.3 is 15.5 Å². The molecule has 0 aromatic carbocycles. The number of hydrogen-bond donors (Lipinski definition) is 1. The highest BCUT2D eigenvalue weighted by atomic mass is 35.5. The number of carbonyl (C=O) groups is 1. The van der Waals surface area contributed by atoms with E-state index in [2.05, 4.69) is 24.0 Å². The van der Waals surface area contributed by atoms with Crippen LogP contribution in [0, 0.1) is 0 Å². The maximum Gasteiger partial charge on any atom is 0.257 e. The van der Waals surface area contributed by atoms with Crippen LogP contribution in [0.15, 0.2) is 18.5 Å². The number of amides is 1. The number of carbonyl (C=O) groups excluding carboxylic acids is 1. The molecule has 0 radical (unpaired) electrons. The summed E-state index contributed by atoms with van der Waals surface area (Å²) in [6.07, 6.45) is 5.18. The van der Waals surface area contributed by atoms with Crippen LogP contribution in [0.4, 0.5) is 5.69 Å². The van der Waals surface area contributed by atoms with Crippen LogP contribution in [0.1, 0.15) is 23.2 Å². The van der Waals surface area contributed by atoms with Crippen molar-refractivity contribution < 1.29 is 4.79 Å². The van der Waals surface area contributed by atoms with E-state index in [9.17, 15) is 4.79 Å². The Kier molecular flexibility index (Phi) is 7.86. The number of anilines is 1. The number of rotatable bonds is 2. The fraction of sp³-hybridized carbons (Fsp3) is 0.538. The molecule has 1 aliphatic rings. The van der Waals surface area contributed by atoms with Crippen molar-refractivity contribution in [1.82, 2.24) is 14.8 Å². The number of pyridine rings is 1. The summed E-state index contributed by atoms with van der Waals surface area (Å²) >= 11 is 0. The van der Waals surface area contributed by atoms with E-state index in [0.29, 0.717) is 17.3 Å². The molecule has 0 aliphatic carbocycles. The number of hydrogen-bond acceptors (Lipinski definition) is 4. The summed E-state index contributed by atoms with van der Waals surface area (Å²) in [6, 6.07) is 2.24. The molecule has 20 heavy (non-hydrogen) atoms. The van der Waals surface area contributed by atoms with Crippen molar-refractivity contribution in [3.8, 4) is 0 Å². The summed E-state index contributed by atoms with van der Waals surface area (Å²) in [5.41, 5.74) is 6.83. The van der Waals surface area contributed by atoms with Gasteiger partial charge in [0.25, 0.3) is 5.91 Å². The van der Waals surface area contributed by atoms with Crippen LogP contribution in [0.5, 0.6) is 0 Å². The maximum atomic E-state index is 12.3. The largest absolute Gasteiger partial charge is 0.398 e. The number of nitrogens with two attached hydrogens (primary N) is 1. The van der Waals surface area contributed by atoms with E-state index in [0.717, 1.165) is 25.9 Å². The summed E-state index contributed by atoms with van der Waals surface area (Å²) in [5, 5.41) is 0. The number of nitrogen functional groups attached to an aromatic ring is 1. The molecule has 2 N–H and O–H groups in total. The molecular formula is C13H22Cl2N4O. The summed E-state index contributed by atoms with van der Waals surface area (Å²) in [7, 11) is 4.17. The van der Waals surface area contributed by atoms with Crippen molar-refractivity contribution in [3.05, 3.63) is 24.0 Å². The molecule has 1 saturated heterocycles. The average molecular weight is 321 g/mol. The van der Waals surface area contributed by atoms with Crippen molar-refractivity contribution in [3.63, 3.8) is 0 Å². The Labute approximate surface area is 132 Å². The summed E-state index contributed by atoms with van der Waals surface area (Å²) in [4.78, 5) is 20.3. The van der Waals surface area contributed by atoms with E-state index in [1.54, 1.807) is 18.5 Å². The minimum absolute atomic E-state index is 0. The zero-order chi connectivity index (χ0) is 13.1. The second-order valence-corrected chi connectivity index (χ2v) is 4.95. The quantitative estimate of drug-likeness (QED) is 0.900. The minimum atomic E-state index is -0.00203. The van der Waals surface area contributed by atoms with Crippen molar-refractivity contribution >= 4 is 36.4 Å². The SMILES string of the molecule is CN(C)C1CCN(C(=O)c2cnccc2N)CC1.Cl.Cl. The van der Waals surface area contributed by atoms with Gasteiger partial charge in [0.1, 0.15) is 0 Å². The average Bonchev–Trinajstić information content (AvgIpc) is 2.38. The van der Waals surface area contributed by atoms with Gasteiger partial charge in [0.2, 0.25) is 0 Å². The highest BCUT2D eigenvalue weighted by molar-refractivity contribution is 5.98. The molecule has 2 rings (SSSR count). The van der Waals surface area contributed by atoms with Gasteiger partial charge in [-0.3, -0.25) is 9.78 Å². The number of likely N-dealkylation sites (tertiary alicyclic amines) is 1. The van der Waals surface area contributed by atoms with Crippen molar-refractivity contribution in [1.29, 1.82) is 0 Å². The summed E-state index contributed by atoms with van der Waals surface area (Å²) in [5.74, 6) is -0.00203. The Morgan fingerprint density at radius 2 is 1.95 bits per heavy atom. The molecule has 1 aromatic rings. The van der Waals surface area contributed by atoms with Gasteiger partial charge in [-0.1, -0.05) is 0 Å². The first-order valence-electron chi connectivity index (χ1n) is 6.25. The molecule has 1 aromatic heterocycles. The molecule has 0 spiro atoms. The number of halogens is 2. The van der Waals surface area contributed by atoms with Crippen LogP contribution >= 0.6 is 24.8 Å². The standard InChI is InChI=1S/C13H20N4O.2ClH/c1-16(2)10-4-7-17(8-5-10)13(18)11-9-15-6-3-12(11)14;;/h3,6,9-10H,4-5,7-8H2,1-2H3,(H2,14,15);2*1H. The Morgan fingerprint density at radius 1 is 1.35 bits per heavy atom. The first-order valence-corrected chi connectivity index (χ1v) is 6.25. The smallest absolute Gasteiger partial charge is 0.257 e. The van der Waals surface area contributed by atoms with Crippen LogP contribution in [0.2, 0.25) is 0 Å². The lowest BCUT2D eigenvalue weighted by molar-refractivity contribution is 0.0664.